The summed E-state index contributed by atoms with van der Waals surface area (Å²) in [6, 6.07) is 10.4. The highest BCUT2D eigenvalue weighted by Crippen LogP contribution is 2.31. The average Bonchev–Trinajstić information content (AvgIpc) is 3.26. The minimum Gasteiger partial charge on any atom is -0.494 e. The maximum Gasteiger partial charge on any atom is 0.293 e. The van der Waals surface area contributed by atoms with E-state index in [1.54, 1.807) is 24.3 Å². The minimum atomic E-state index is -0.433. The van der Waals surface area contributed by atoms with Gasteiger partial charge in [-0.15, -0.1) is 0 Å². The van der Waals surface area contributed by atoms with Crippen molar-refractivity contribution in [3.05, 3.63) is 64.0 Å². The van der Waals surface area contributed by atoms with Gasteiger partial charge in [-0.05, 0) is 62.1 Å². The Morgan fingerprint density at radius 2 is 1.86 bits per heavy atom. The van der Waals surface area contributed by atoms with Gasteiger partial charge in [0.15, 0.2) is 0 Å². The van der Waals surface area contributed by atoms with Crippen LogP contribution in [-0.2, 0) is 0 Å². The lowest BCUT2D eigenvalue weighted by Gasteiger charge is -2.17. The highest BCUT2D eigenvalue weighted by molar-refractivity contribution is 5.95. The molecule has 2 aromatic carbocycles. The third-order valence-electron chi connectivity index (χ3n) is 4.82. The zero-order chi connectivity index (χ0) is 20.6. The number of carbonyl (C=O) groups is 1. The van der Waals surface area contributed by atoms with Crippen LogP contribution in [0.25, 0.3) is 0 Å². The summed E-state index contributed by atoms with van der Waals surface area (Å²) in [7, 11) is 0. The van der Waals surface area contributed by atoms with E-state index in [1.807, 2.05) is 4.90 Å². The minimum absolute atomic E-state index is 0.0350. The summed E-state index contributed by atoms with van der Waals surface area (Å²) in [5, 5.41) is 14.2. The Morgan fingerprint density at radius 3 is 2.55 bits per heavy atom. The number of nitro groups is 1. The van der Waals surface area contributed by atoms with E-state index in [2.05, 4.69) is 5.32 Å². The maximum atomic E-state index is 12.8. The van der Waals surface area contributed by atoms with Crippen LogP contribution in [-0.4, -0.2) is 37.1 Å². The normalized spacial score (nSPS) is 13.3. The van der Waals surface area contributed by atoms with Gasteiger partial charge in [0.05, 0.1) is 11.5 Å². The lowest BCUT2D eigenvalue weighted by molar-refractivity contribution is -0.384. The average molecular weight is 401 g/mol. The molecule has 154 valence electrons. The number of benzene rings is 2. The van der Waals surface area contributed by atoms with Gasteiger partial charge < -0.3 is 15.0 Å². The molecule has 0 radical (unpaired) electrons. The van der Waals surface area contributed by atoms with Crippen molar-refractivity contribution in [1.82, 2.24) is 5.32 Å². The molecule has 7 nitrogen and oxygen atoms in total. The van der Waals surface area contributed by atoms with Crippen LogP contribution in [0.15, 0.2) is 42.5 Å². The van der Waals surface area contributed by atoms with Crippen LogP contribution in [0, 0.1) is 15.9 Å². The largest absolute Gasteiger partial charge is 0.494 e. The van der Waals surface area contributed by atoms with Crippen molar-refractivity contribution >= 4 is 17.3 Å². The molecule has 0 aliphatic carbocycles. The molecule has 0 bridgehead atoms. The molecule has 8 heteroatoms. The molecule has 1 amide bonds. The molecule has 1 aliphatic heterocycles. The molecule has 29 heavy (non-hydrogen) atoms. The first-order chi connectivity index (χ1) is 14.0. The fourth-order valence-corrected chi connectivity index (χ4v) is 3.29. The summed E-state index contributed by atoms with van der Waals surface area (Å²) in [5.74, 6) is -0.0462. The van der Waals surface area contributed by atoms with Gasteiger partial charge in [-0.25, -0.2) is 4.39 Å². The quantitative estimate of drug-likeness (QED) is 0.391. The Balaban J connectivity index is 1.45. The number of hydrogen-bond acceptors (Lipinski definition) is 5. The van der Waals surface area contributed by atoms with Gasteiger partial charge in [-0.1, -0.05) is 0 Å². The first kappa shape index (κ1) is 20.6. The van der Waals surface area contributed by atoms with Crippen molar-refractivity contribution in [2.75, 3.05) is 31.1 Å². The van der Waals surface area contributed by atoms with Gasteiger partial charge in [-0.2, -0.15) is 0 Å². The predicted molar refractivity (Wildman–Crippen MR) is 108 cm³/mol. The lowest BCUT2D eigenvalue weighted by Crippen LogP contribution is -2.25. The number of ether oxygens (including phenoxy) is 1. The standard InChI is InChI=1S/C21H24FN3O4/c22-17-6-8-18(9-7-17)29-14-4-1-11-23-21(26)16-5-10-19(20(15-16)25(27)28)24-12-2-3-13-24/h5-10,15H,1-4,11-14H2,(H,23,26). The highest BCUT2D eigenvalue weighted by Gasteiger charge is 2.23. The number of nitrogens with zero attached hydrogens (tertiary/aromatic N) is 2. The third kappa shape index (κ3) is 5.66. The SMILES string of the molecule is O=C(NCCCCOc1ccc(F)cc1)c1ccc(N2CCCC2)c([N+](=O)[O-])c1. The Bertz CT molecular complexity index is 852. The van der Waals surface area contributed by atoms with E-state index in [-0.39, 0.29) is 23.0 Å². The summed E-state index contributed by atoms with van der Waals surface area (Å²) >= 11 is 0. The van der Waals surface area contributed by atoms with Gasteiger partial charge in [-0.3, -0.25) is 14.9 Å². The van der Waals surface area contributed by atoms with Gasteiger partial charge in [0.25, 0.3) is 11.6 Å². The van der Waals surface area contributed by atoms with Crippen LogP contribution in [0.2, 0.25) is 0 Å². The van der Waals surface area contributed by atoms with Crippen LogP contribution in [0.3, 0.4) is 0 Å². The second-order valence-electron chi connectivity index (χ2n) is 6.92. The number of anilines is 1. The number of amides is 1. The van der Waals surface area contributed by atoms with Crippen molar-refractivity contribution in [2.24, 2.45) is 0 Å². The number of rotatable bonds is 9. The van der Waals surface area contributed by atoms with E-state index in [9.17, 15) is 19.3 Å². The van der Waals surface area contributed by atoms with Crippen LogP contribution >= 0.6 is 0 Å². The molecule has 0 aromatic heterocycles. The predicted octanol–water partition coefficient (Wildman–Crippen LogP) is 3.92. The first-order valence-electron chi connectivity index (χ1n) is 9.74. The Kier molecular flexibility index (Phi) is 6.99. The van der Waals surface area contributed by atoms with Gasteiger partial charge >= 0.3 is 0 Å². The maximum absolute atomic E-state index is 12.8. The third-order valence-corrected chi connectivity index (χ3v) is 4.82. The molecule has 0 atom stereocenters. The number of nitro benzene ring substituents is 1. The summed E-state index contributed by atoms with van der Waals surface area (Å²) in [5.41, 5.74) is 0.816. The molecular formula is C21H24FN3O4. The van der Waals surface area contributed by atoms with E-state index >= 15 is 0 Å². The van der Waals surface area contributed by atoms with E-state index in [0.717, 1.165) is 25.9 Å². The molecule has 1 saturated heterocycles. The Hall–Kier alpha value is -3.16. The van der Waals surface area contributed by atoms with Crippen LogP contribution in [0.5, 0.6) is 5.75 Å². The van der Waals surface area contributed by atoms with Crippen LogP contribution < -0.4 is 15.0 Å². The first-order valence-corrected chi connectivity index (χ1v) is 9.74. The zero-order valence-corrected chi connectivity index (χ0v) is 16.1. The van der Waals surface area contributed by atoms with Crippen molar-refractivity contribution in [1.29, 1.82) is 0 Å². The highest BCUT2D eigenvalue weighted by atomic mass is 19.1. The lowest BCUT2D eigenvalue weighted by atomic mass is 10.1. The van der Waals surface area contributed by atoms with E-state index in [0.29, 0.717) is 37.4 Å². The zero-order valence-electron chi connectivity index (χ0n) is 16.1. The summed E-state index contributed by atoms with van der Waals surface area (Å²) in [6.07, 6.45) is 3.45. The fourth-order valence-electron chi connectivity index (χ4n) is 3.29. The molecule has 3 rings (SSSR count). The summed E-state index contributed by atoms with van der Waals surface area (Å²) in [4.78, 5) is 25.3. The number of hydrogen-bond donors (Lipinski definition) is 1. The molecule has 2 aromatic rings. The molecule has 1 heterocycles. The van der Waals surface area contributed by atoms with Crippen LogP contribution in [0.4, 0.5) is 15.8 Å². The molecule has 0 saturated carbocycles. The molecule has 1 fully saturated rings. The summed E-state index contributed by atoms with van der Waals surface area (Å²) in [6.45, 7) is 2.49. The van der Waals surface area contributed by atoms with Crippen molar-refractivity contribution in [3.63, 3.8) is 0 Å². The smallest absolute Gasteiger partial charge is 0.293 e. The Labute approximate surface area is 168 Å². The topological polar surface area (TPSA) is 84.7 Å². The summed E-state index contributed by atoms with van der Waals surface area (Å²) < 4.78 is 18.3. The number of carbonyl (C=O) groups excluding carboxylic acids is 1. The van der Waals surface area contributed by atoms with E-state index in [1.165, 1.54) is 18.2 Å². The van der Waals surface area contributed by atoms with E-state index in [4.69, 9.17) is 4.74 Å². The number of halogens is 1. The molecular weight excluding hydrogens is 377 g/mol. The fraction of sp³-hybridized carbons (Fsp3) is 0.381. The van der Waals surface area contributed by atoms with Crippen molar-refractivity contribution in [3.8, 4) is 5.75 Å². The second kappa shape index (κ2) is 9.86. The Morgan fingerprint density at radius 1 is 1.14 bits per heavy atom. The number of unbranched alkanes of at least 4 members (excludes halogenated alkanes) is 1. The van der Waals surface area contributed by atoms with Crippen molar-refractivity contribution in [2.45, 2.75) is 25.7 Å². The molecule has 1 aliphatic rings. The molecule has 0 spiro atoms. The monoisotopic (exact) mass is 401 g/mol. The molecule has 1 N–H and O–H groups in total. The van der Waals surface area contributed by atoms with E-state index < -0.39 is 4.92 Å². The second-order valence-corrected chi connectivity index (χ2v) is 6.92. The molecule has 0 unspecified atom stereocenters. The van der Waals surface area contributed by atoms with Crippen molar-refractivity contribution < 1.29 is 18.8 Å². The van der Waals surface area contributed by atoms with Gasteiger partial charge in [0.1, 0.15) is 17.3 Å². The van der Waals surface area contributed by atoms with Crippen LogP contribution in [0.1, 0.15) is 36.0 Å². The number of nitrogens with one attached hydrogen (secondary N) is 1. The van der Waals surface area contributed by atoms with Gasteiger partial charge in [0.2, 0.25) is 0 Å². The van der Waals surface area contributed by atoms with Gasteiger partial charge in [0, 0.05) is 31.3 Å².